The van der Waals surface area contributed by atoms with Crippen molar-refractivity contribution in [2.45, 2.75) is 47.1 Å². The van der Waals surface area contributed by atoms with Gasteiger partial charge < -0.3 is 9.80 Å². The molecule has 0 aliphatic rings. The van der Waals surface area contributed by atoms with Crippen molar-refractivity contribution in [2.24, 2.45) is 0 Å². The maximum Gasteiger partial charge on any atom is 0.242 e. The van der Waals surface area contributed by atoms with Gasteiger partial charge in [-0.25, -0.2) is 0 Å². The van der Waals surface area contributed by atoms with Crippen LogP contribution in [0.4, 0.5) is 0 Å². The van der Waals surface area contributed by atoms with E-state index in [-0.39, 0.29) is 24.4 Å². The highest BCUT2D eigenvalue weighted by atomic mass is 16.2. The lowest BCUT2D eigenvalue weighted by atomic mass is 10.2. The van der Waals surface area contributed by atoms with Gasteiger partial charge in [-0.05, 0) is 27.2 Å². The molecule has 2 amide bonds. The Balaban J connectivity index is 4.51. The second kappa shape index (κ2) is 7.25. The first kappa shape index (κ1) is 14.9. The molecule has 0 N–H and O–H groups in total. The van der Waals surface area contributed by atoms with Gasteiger partial charge in [0, 0.05) is 26.1 Å². The van der Waals surface area contributed by atoms with Gasteiger partial charge >= 0.3 is 0 Å². The number of amides is 2. The van der Waals surface area contributed by atoms with E-state index in [1.165, 1.54) is 6.92 Å². The molecule has 0 aromatic rings. The van der Waals surface area contributed by atoms with Crippen molar-refractivity contribution < 1.29 is 9.59 Å². The Morgan fingerprint density at radius 1 is 1.12 bits per heavy atom. The maximum atomic E-state index is 11.9. The van der Waals surface area contributed by atoms with Gasteiger partial charge in [-0.1, -0.05) is 6.92 Å². The van der Waals surface area contributed by atoms with E-state index in [9.17, 15) is 9.59 Å². The summed E-state index contributed by atoms with van der Waals surface area (Å²) in [5.74, 6) is -0.00430. The fraction of sp³-hybridized carbons (Fsp3) is 0.833. The molecular weight excluding hydrogens is 204 g/mol. The molecule has 0 radical (unpaired) electrons. The zero-order valence-corrected chi connectivity index (χ0v) is 11.1. The van der Waals surface area contributed by atoms with Gasteiger partial charge in [-0.3, -0.25) is 9.59 Å². The molecule has 0 heterocycles. The third-order valence-electron chi connectivity index (χ3n) is 2.95. The molecule has 0 spiro atoms. The third kappa shape index (κ3) is 4.21. The fourth-order valence-electron chi connectivity index (χ4n) is 1.62. The highest BCUT2D eigenvalue weighted by Crippen LogP contribution is 2.05. The Labute approximate surface area is 98.6 Å². The molecule has 0 saturated carbocycles. The zero-order chi connectivity index (χ0) is 12.7. The van der Waals surface area contributed by atoms with E-state index in [0.29, 0.717) is 13.1 Å². The van der Waals surface area contributed by atoms with E-state index in [1.54, 1.807) is 9.80 Å². The van der Waals surface area contributed by atoms with Crippen molar-refractivity contribution in [1.29, 1.82) is 0 Å². The van der Waals surface area contributed by atoms with Gasteiger partial charge in [0.1, 0.15) is 0 Å². The Hall–Kier alpha value is -1.06. The van der Waals surface area contributed by atoms with Crippen LogP contribution in [0.25, 0.3) is 0 Å². The quantitative estimate of drug-likeness (QED) is 0.691. The summed E-state index contributed by atoms with van der Waals surface area (Å²) in [4.78, 5) is 26.7. The van der Waals surface area contributed by atoms with E-state index in [0.717, 1.165) is 6.42 Å². The highest BCUT2D eigenvalue weighted by molar-refractivity contribution is 5.84. The van der Waals surface area contributed by atoms with Gasteiger partial charge in [0.25, 0.3) is 0 Å². The number of nitrogens with zero attached hydrogens (tertiary/aromatic N) is 2. The van der Waals surface area contributed by atoms with Crippen LogP contribution in [0, 0.1) is 0 Å². The van der Waals surface area contributed by atoms with Gasteiger partial charge in [0.15, 0.2) is 0 Å². The number of rotatable bonds is 6. The molecule has 1 atom stereocenters. The molecule has 94 valence electrons. The first-order valence-electron chi connectivity index (χ1n) is 6.02. The zero-order valence-electron chi connectivity index (χ0n) is 11.1. The van der Waals surface area contributed by atoms with Crippen LogP contribution in [-0.4, -0.2) is 47.3 Å². The fourth-order valence-corrected chi connectivity index (χ4v) is 1.62. The van der Waals surface area contributed by atoms with E-state index in [4.69, 9.17) is 0 Å². The second-order valence-corrected chi connectivity index (χ2v) is 3.97. The Morgan fingerprint density at radius 3 is 1.94 bits per heavy atom. The normalized spacial score (nSPS) is 12.1. The van der Waals surface area contributed by atoms with Crippen LogP contribution in [0.5, 0.6) is 0 Å². The van der Waals surface area contributed by atoms with Gasteiger partial charge in [0.2, 0.25) is 11.8 Å². The smallest absolute Gasteiger partial charge is 0.242 e. The van der Waals surface area contributed by atoms with E-state index < -0.39 is 0 Å². The van der Waals surface area contributed by atoms with Crippen LogP contribution in [-0.2, 0) is 9.59 Å². The van der Waals surface area contributed by atoms with Crippen LogP contribution in [0.2, 0.25) is 0 Å². The van der Waals surface area contributed by atoms with Crippen molar-refractivity contribution >= 4 is 11.8 Å². The van der Waals surface area contributed by atoms with Gasteiger partial charge in [-0.2, -0.15) is 0 Å². The minimum Gasteiger partial charge on any atom is -0.342 e. The molecule has 0 bridgehead atoms. The van der Waals surface area contributed by atoms with Gasteiger partial charge in [-0.15, -0.1) is 0 Å². The molecule has 0 saturated heterocycles. The van der Waals surface area contributed by atoms with Crippen molar-refractivity contribution in [3.8, 4) is 0 Å². The molecule has 0 aromatic carbocycles. The Bertz CT molecular complexity index is 237. The van der Waals surface area contributed by atoms with Crippen LogP contribution >= 0.6 is 0 Å². The molecule has 1 unspecified atom stereocenters. The third-order valence-corrected chi connectivity index (χ3v) is 2.95. The number of hydrogen-bond donors (Lipinski definition) is 0. The Morgan fingerprint density at radius 2 is 1.62 bits per heavy atom. The van der Waals surface area contributed by atoms with Crippen molar-refractivity contribution in [3.63, 3.8) is 0 Å². The molecule has 16 heavy (non-hydrogen) atoms. The van der Waals surface area contributed by atoms with Crippen LogP contribution in [0.1, 0.15) is 41.0 Å². The summed E-state index contributed by atoms with van der Waals surface area (Å²) in [6, 6.07) is 0.122. The minimum atomic E-state index is -0.0325. The molecule has 0 fully saturated rings. The molecule has 0 aliphatic heterocycles. The number of hydrogen-bond acceptors (Lipinski definition) is 2. The average Bonchev–Trinajstić information content (AvgIpc) is 2.26. The molecular formula is C12H24N2O2. The monoisotopic (exact) mass is 228 g/mol. The minimum absolute atomic E-state index is 0.0282. The van der Waals surface area contributed by atoms with Crippen LogP contribution < -0.4 is 0 Å². The van der Waals surface area contributed by atoms with Crippen molar-refractivity contribution in [2.75, 3.05) is 19.6 Å². The predicted octanol–water partition coefficient (Wildman–Crippen LogP) is 1.50. The number of carbonyl (C=O) groups is 2. The summed E-state index contributed by atoms with van der Waals surface area (Å²) in [6.45, 7) is 11.0. The van der Waals surface area contributed by atoms with Crippen molar-refractivity contribution in [3.05, 3.63) is 0 Å². The largest absolute Gasteiger partial charge is 0.342 e. The molecule has 0 rings (SSSR count). The molecule has 0 aromatic heterocycles. The van der Waals surface area contributed by atoms with E-state index >= 15 is 0 Å². The summed E-state index contributed by atoms with van der Waals surface area (Å²) in [6.07, 6.45) is 0.866. The number of carbonyl (C=O) groups excluding carboxylic acids is 2. The molecule has 4 heteroatoms. The van der Waals surface area contributed by atoms with Crippen LogP contribution in [0.3, 0.4) is 0 Å². The average molecular weight is 228 g/mol. The van der Waals surface area contributed by atoms with E-state index in [2.05, 4.69) is 0 Å². The lowest BCUT2D eigenvalue weighted by molar-refractivity contribution is -0.140. The first-order valence-corrected chi connectivity index (χ1v) is 6.02. The summed E-state index contributed by atoms with van der Waals surface area (Å²) in [7, 11) is 0. The topological polar surface area (TPSA) is 40.6 Å². The lowest BCUT2D eigenvalue weighted by Gasteiger charge is -2.29. The first-order chi connectivity index (χ1) is 7.47. The van der Waals surface area contributed by atoms with E-state index in [1.807, 2.05) is 27.7 Å². The lowest BCUT2D eigenvalue weighted by Crippen LogP contribution is -2.45. The van der Waals surface area contributed by atoms with Crippen LogP contribution in [0.15, 0.2) is 0 Å². The predicted molar refractivity (Wildman–Crippen MR) is 65.1 cm³/mol. The molecule has 0 aliphatic carbocycles. The second-order valence-electron chi connectivity index (χ2n) is 3.97. The highest BCUT2D eigenvalue weighted by Gasteiger charge is 2.20. The maximum absolute atomic E-state index is 11.9. The number of likely N-dealkylation sites (N-methyl/N-ethyl adjacent to an activating group) is 1. The molecule has 4 nitrogen and oxygen atoms in total. The summed E-state index contributed by atoms with van der Waals surface area (Å²) >= 11 is 0. The Kier molecular flexibility index (Phi) is 6.77. The standard InChI is InChI=1S/C12H24N2O2/c1-6-10(4)14(11(5)15)9-12(16)13(7-2)8-3/h10H,6-9H2,1-5H3. The summed E-state index contributed by atoms with van der Waals surface area (Å²) in [5.41, 5.74) is 0. The summed E-state index contributed by atoms with van der Waals surface area (Å²) in [5, 5.41) is 0. The van der Waals surface area contributed by atoms with Gasteiger partial charge in [0.05, 0.1) is 6.54 Å². The van der Waals surface area contributed by atoms with Crippen molar-refractivity contribution in [1.82, 2.24) is 9.80 Å². The SMILES string of the molecule is CCC(C)N(CC(=O)N(CC)CC)C(C)=O. The summed E-state index contributed by atoms with van der Waals surface area (Å²) < 4.78 is 0.